The predicted octanol–water partition coefficient (Wildman–Crippen LogP) is 7.93. The summed E-state index contributed by atoms with van der Waals surface area (Å²) in [5.41, 5.74) is 2.00. The van der Waals surface area contributed by atoms with Gasteiger partial charge in [0.1, 0.15) is 57.0 Å². The van der Waals surface area contributed by atoms with E-state index in [1.807, 2.05) is 13.8 Å². The number of ketones is 1. The van der Waals surface area contributed by atoms with Gasteiger partial charge < -0.3 is 40.2 Å². The molecule has 0 amide bonds. The van der Waals surface area contributed by atoms with E-state index in [0.717, 1.165) is 28.8 Å². The van der Waals surface area contributed by atoms with Crippen molar-refractivity contribution in [3.63, 3.8) is 0 Å². The maximum Gasteiger partial charge on any atom is 0.197 e. The van der Waals surface area contributed by atoms with Crippen LogP contribution in [0.2, 0.25) is 0 Å². The maximum atomic E-state index is 14.8. The second kappa shape index (κ2) is 13.3. The molecule has 1 heterocycles. The SMILES string of the molecule is CC(C)=CCc1c(O)ccc(C(=O)[C@H]2[C@@H](c3c(O)cc4oc(-c5ccc(C)cc5O)cc(=O)c4c3O)C=C(C)C[C@@H]2c2ccc(O)cc2O)c1O. The topological polar surface area (TPSA) is 189 Å². The van der Waals surface area contributed by atoms with Crippen LogP contribution in [0.3, 0.4) is 0 Å². The van der Waals surface area contributed by atoms with Crippen molar-refractivity contribution in [3.05, 3.63) is 122 Å². The van der Waals surface area contributed by atoms with Gasteiger partial charge in [0.05, 0.1) is 11.1 Å². The average molecular weight is 691 g/mol. The first kappa shape index (κ1) is 34.7. The molecule has 0 radical (unpaired) electrons. The molecule has 0 fully saturated rings. The Hall–Kier alpha value is -6.16. The first-order valence-corrected chi connectivity index (χ1v) is 16.4. The van der Waals surface area contributed by atoms with E-state index >= 15 is 0 Å². The van der Waals surface area contributed by atoms with E-state index < -0.39 is 46.2 Å². The summed E-state index contributed by atoms with van der Waals surface area (Å²) in [6, 6.07) is 13.7. The Morgan fingerprint density at radius 1 is 0.824 bits per heavy atom. The number of phenols is 7. The average Bonchev–Trinajstić information content (AvgIpc) is 3.03. The third-order valence-corrected chi connectivity index (χ3v) is 9.54. The number of carbonyl (C=O) groups excluding carboxylic acids is 1. The number of hydrogen-bond acceptors (Lipinski definition) is 10. The second-order valence-corrected chi connectivity index (χ2v) is 13.5. The van der Waals surface area contributed by atoms with Gasteiger partial charge in [0.15, 0.2) is 11.2 Å². The normalized spacial score (nSPS) is 17.3. The highest BCUT2D eigenvalue weighted by atomic mass is 16.3. The van der Waals surface area contributed by atoms with Crippen LogP contribution in [0.4, 0.5) is 0 Å². The molecule has 0 unspecified atom stereocenters. The minimum atomic E-state index is -1.19. The van der Waals surface area contributed by atoms with Crippen LogP contribution < -0.4 is 5.43 Å². The standard InChI is InChI=1S/C41H38O10/c1-19(2)5-8-25-29(43)12-11-26(39(25)48)40(49)36-27(23-10-7-22(42)16-31(23)45)13-21(4)14-28(36)37-32(46)18-35-38(41(37)50)33(47)17-34(51-35)24-9-6-20(3)15-30(24)44/h5-7,9-12,14-18,27-28,36,42-46,48,50H,8,13H2,1-4H3/t27-,28+,36-/m1/s1. The Labute approximate surface area is 293 Å². The molecule has 0 aliphatic heterocycles. The van der Waals surface area contributed by atoms with Crippen molar-refractivity contribution < 1.29 is 45.0 Å². The molecule has 6 rings (SSSR count). The van der Waals surface area contributed by atoms with Crippen molar-refractivity contribution in [1.82, 2.24) is 0 Å². The van der Waals surface area contributed by atoms with E-state index in [1.54, 1.807) is 38.1 Å². The highest BCUT2D eigenvalue weighted by Gasteiger charge is 2.44. The molecule has 10 heteroatoms. The van der Waals surface area contributed by atoms with E-state index in [-0.39, 0.29) is 74.8 Å². The summed E-state index contributed by atoms with van der Waals surface area (Å²) >= 11 is 0. The van der Waals surface area contributed by atoms with Crippen LogP contribution in [-0.4, -0.2) is 41.5 Å². The number of carbonyl (C=O) groups is 1. The molecule has 1 aliphatic carbocycles. The fourth-order valence-corrected chi connectivity index (χ4v) is 7.09. The molecule has 7 N–H and O–H groups in total. The smallest absolute Gasteiger partial charge is 0.197 e. The number of fused-ring (bicyclic) bond motifs is 1. The Morgan fingerprint density at radius 3 is 2.25 bits per heavy atom. The molecule has 1 aromatic heterocycles. The van der Waals surface area contributed by atoms with Crippen molar-refractivity contribution in [2.45, 2.75) is 52.4 Å². The Balaban J connectivity index is 1.57. The van der Waals surface area contributed by atoms with Gasteiger partial charge in [0.25, 0.3) is 0 Å². The van der Waals surface area contributed by atoms with Gasteiger partial charge in [-0.15, -0.1) is 0 Å². The third-order valence-electron chi connectivity index (χ3n) is 9.54. The molecule has 0 bridgehead atoms. The monoisotopic (exact) mass is 690 g/mol. The van der Waals surface area contributed by atoms with Gasteiger partial charge >= 0.3 is 0 Å². The fraction of sp³-hybridized carbons (Fsp3) is 0.220. The number of aryl methyl sites for hydroxylation is 1. The molecule has 51 heavy (non-hydrogen) atoms. The minimum absolute atomic E-state index is 0.00704. The van der Waals surface area contributed by atoms with Crippen LogP contribution in [0.25, 0.3) is 22.3 Å². The predicted molar refractivity (Wildman–Crippen MR) is 192 cm³/mol. The number of rotatable bonds is 7. The van der Waals surface area contributed by atoms with Crippen LogP contribution in [0.1, 0.15) is 71.6 Å². The highest BCUT2D eigenvalue weighted by Crippen LogP contribution is 2.54. The molecule has 0 saturated heterocycles. The van der Waals surface area contributed by atoms with Crippen molar-refractivity contribution in [2.24, 2.45) is 5.92 Å². The van der Waals surface area contributed by atoms with Gasteiger partial charge in [-0.2, -0.15) is 0 Å². The van der Waals surface area contributed by atoms with Crippen molar-refractivity contribution in [3.8, 4) is 51.6 Å². The lowest BCUT2D eigenvalue weighted by Gasteiger charge is -2.37. The van der Waals surface area contributed by atoms with E-state index in [2.05, 4.69) is 0 Å². The molecule has 1 aliphatic rings. The number of aromatic hydroxyl groups is 7. The Morgan fingerprint density at radius 2 is 1.57 bits per heavy atom. The zero-order valence-corrected chi connectivity index (χ0v) is 28.4. The molecule has 262 valence electrons. The van der Waals surface area contributed by atoms with Gasteiger partial charge in [0.2, 0.25) is 0 Å². The zero-order chi connectivity index (χ0) is 36.9. The molecular weight excluding hydrogens is 652 g/mol. The number of hydrogen-bond donors (Lipinski definition) is 7. The molecule has 10 nitrogen and oxygen atoms in total. The zero-order valence-electron chi connectivity index (χ0n) is 28.4. The van der Waals surface area contributed by atoms with Gasteiger partial charge in [-0.05, 0) is 82.0 Å². The van der Waals surface area contributed by atoms with E-state index in [4.69, 9.17) is 4.42 Å². The summed E-state index contributed by atoms with van der Waals surface area (Å²) in [6.07, 6.45) is 3.87. The quantitative estimate of drug-likeness (QED) is 0.0652. The fourth-order valence-electron chi connectivity index (χ4n) is 7.09. The highest BCUT2D eigenvalue weighted by molar-refractivity contribution is 6.03. The molecule has 4 aromatic carbocycles. The minimum Gasteiger partial charge on any atom is -0.508 e. The van der Waals surface area contributed by atoms with Crippen LogP contribution in [0.15, 0.2) is 93.2 Å². The number of phenolic OH excluding ortho intramolecular Hbond substituents is 7. The first-order valence-electron chi connectivity index (χ1n) is 16.4. The van der Waals surface area contributed by atoms with Crippen molar-refractivity contribution in [1.29, 1.82) is 0 Å². The van der Waals surface area contributed by atoms with Gasteiger partial charge in [0, 0.05) is 47.1 Å². The second-order valence-electron chi connectivity index (χ2n) is 13.5. The number of Topliss-reactive ketones (excluding diaryl/α,β-unsaturated/α-hetero) is 1. The summed E-state index contributed by atoms with van der Waals surface area (Å²) in [7, 11) is 0. The lowest BCUT2D eigenvalue weighted by molar-refractivity contribution is 0.0876. The largest absolute Gasteiger partial charge is 0.508 e. The number of allylic oxidation sites excluding steroid dienone is 4. The van der Waals surface area contributed by atoms with E-state index in [9.17, 15) is 45.3 Å². The first-order chi connectivity index (χ1) is 24.2. The Bertz CT molecular complexity index is 2340. The molecule has 3 atom stereocenters. The van der Waals surface area contributed by atoms with Crippen molar-refractivity contribution >= 4 is 16.8 Å². The summed E-state index contributed by atoms with van der Waals surface area (Å²) in [5.74, 6) is -6.09. The molecule has 0 saturated carbocycles. The van der Waals surface area contributed by atoms with Crippen LogP contribution in [0.5, 0.6) is 40.2 Å². The Kier molecular flexibility index (Phi) is 9.03. The van der Waals surface area contributed by atoms with Crippen LogP contribution >= 0.6 is 0 Å². The van der Waals surface area contributed by atoms with Gasteiger partial charge in [-0.25, -0.2) is 0 Å². The van der Waals surface area contributed by atoms with Crippen LogP contribution in [0, 0.1) is 12.8 Å². The summed E-state index contributed by atoms with van der Waals surface area (Å²) in [4.78, 5) is 28.4. The summed E-state index contributed by atoms with van der Waals surface area (Å²) < 4.78 is 5.93. The summed E-state index contributed by atoms with van der Waals surface area (Å²) in [5, 5.41) is 76.7. The lowest BCUT2D eigenvalue weighted by atomic mass is 9.65. The molecule has 0 spiro atoms. The summed E-state index contributed by atoms with van der Waals surface area (Å²) in [6.45, 7) is 7.29. The lowest BCUT2D eigenvalue weighted by Crippen LogP contribution is -2.32. The third kappa shape index (κ3) is 6.36. The molecule has 5 aromatic rings. The van der Waals surface area contributed by atoms with E-state index in [1.165, 1.54) is 36.4 Å². The van der Waals surface area contributed by atoms with Gasteiger partial charge in [-0.3, -0.25) is 9.59 Å². The van der Waals surface area contributed by atoms with Crippen molar-refractivity contribution in [2.75, 3.05) is 0 Å². The maximum absolute atomic E-state index is 14.8. The van der Waals surface area contributed by atoms with Gasteiger partial charge in [-0.1, -0.05) is 35.4 Å². The number of benzene rings is 4. The van der Waals surface area contributed by atoms with E-state index in [0.29, 0.717) is 5.56 Å². The van der Waals surface area contributed by atoms with Crippen LogP contribution in [-0.2, 0) is 6.42 Å². The molecular formula is C41H38O10.